The number of halogens is 2. The number of hydrogen-bond donors (Lipinski definition) is 1. The van der Waals surface area contributed by atoms with Gasteiger partial charge in [-0.2, -0.15) is 0 Å². The fraction of sp³-hybridized carbons (Fsp3) is 0. The minimum atomic E-state index is -0.250. The second-order valence-corrected chi connectivity index (χ2v) is 2.01. The lowest BCUT2D eigenvalue weighted by Crippen LogP contribution is -1.58. The quantitative estimate of drug-likeness (QED) is 0.602. The Kier molecular flexibility index (Phi) is 1.15. The summed E-state index contributed by atoms with van der Waals surface area (Å²) < 4.78 is 12.5. The van der Waals surface area contributed by atoms with Gasteiger partial charge in [-0.1, -0.05) is 0 Å². The molecule has 0 saturated heterocycles. The van der Waals surface area contributed by atoms with Gasteiger partial charge in [0.2, 0.25) is 0 Å². The number of aromatic nitrogens is 1. The fourth-order valence-corrected chi connectivity index (χ4v) is 0.573. The van der Waals surface area contributed by atoms with Gasteiger partial charge >= 0.3 is 0 Å². The average molecular weight is 164 g/mol. The number of aromatic amines is 1. The Balaban J connectivity index is 3.12. The van der Waals surface area contributed by atoms with E-state index in [1.54, 1.807) is 0 Å². The van der Waals surface area contributed by atoms with Gasteiger partial charge in [0.15, 0.2) is 5.82 Å². The zero-order valence-corrected chi connectivity index (χ0v) is 5.00. The molecule has 0 fully saturated rings. The molecule has 1 heterocycles. The molecule has 7 heavy (non-hydrogen) atoms. The van der Waals surface area contributed by atoms with Crippen molar-refractivity contribution in [3.8, 4) is 0 Å². The molecule has 0 spiro atoms. The van der Waals surface area contributed by atoms with Crippen LogP contribution in [0.3, 0.4) is 0 Å². The Bertz CT molecular complexity index is 144. The first kappa shape index (κ1) is 4.84. The van der Waals surface area contributed by atoms with Gasteiger partial charge < -0.3 is 4.98 Å². The molecule has 0 atom stereocenters. The molecule has 0 aliphatic carbocycles. The van der Waals surface area contributed by atoms with E-state index in [1.165, 1.54) is 12.4 Å². The zero-order chi connectivity index (χ0) is 5.28. The lowest BCUT2D eigenvalue weighted by molar-refractivity contribution is 0.624. The van der Waals surface area contributed by atoms with E-state index in [1.807, 2.05) is 0 Å². The van der Waals surface area contributed by atoms with Crippen LogP contribution in [0, 0.1) is 5.82 Å². The van der Waals surface area contributed by atoms with Crippen molar-refractivity contribution in [2.45, 2.75) is 0 Å². The van der Waals surface area contributed by atoms with Crippen molar-refractivity contribution in [2.75, 3.05) is 0 Å². The molecule has 0 bridgehead atoms. The van der Waals surface area contributed by atoms with Crippen LogP contribution in [-0.4, -0.2) is 4.98 Å². The molecular formula is C4H3BrFN. The standard InChI is InChI=1S/C4H3BrFN/c5-3-1-7-2-4(3)6/h1-2,7H. The smallest absolute Gasteiger partial charge is 0.154 e. The predicted octanol–water partition coefficient (Wildman–Crippen LogP) is 1.92. The van der Waals surface area contributed by atoms with E-state index < -0.39 is 0 Å². The highest BCUT2D eigenvalue weighted by Gasteiger charge is 1.93. The van der Waals surface area contributed by atoms with E-state index in [2.05, 4.69) is 20.9 Å². The number of H-pyrrole nitrogens is 1. The first-order valence-electron chi connectivity index (χ1n) is 1.78. The normalized spacial score (nSPS) is 9.43. The van der Waals surface area contributed by atoms with E-state index in [0.29, 0.717) is 4.47 Å². The summed E-state index contributed by atoms with van der Waals surface area (Å²) in [5.41, 5.74) is 0. The van der Waals surface area contributed by atoms with Crippen molar-refractivity contribution in [1.82, 2.24) is 4.98 Å². The third kappa shape index (κ3) is 0.825. The number of rotatable bonds is 0. The lowest BCUT2D eigenvalue weighted by Gasteiger charge is -1.72. The maximum absolute atomic E-state index is 12.0. The van der Waals surface area contributed by atoms with Crippen LogP contribution in [0.2, 0.25) is 0 Å². The molecule has 0 radical (unpaired) electrons. The van der Waals surface area contributed by atoms with Gasteiger partial charge in [-0.25, -0.2) is 4.39 Å². The van der Waals surface area contributed by atoms with E-state index in [-0.39, 0.29) is 5.82 Å². The van der Waals surface area contributed by atoms with Crippen molar-refractivity contribution >= 4 is 15.9 Å². The highest BCUT2D eigenvalue weighted by Crippen LogP contribution is 2.11. The van der Waals surface area contributed by atoms with E-state index in [0.717, 1.165) is 0 Å². The van der Waals surface area contributed by atoms with Gasteiger partial charge in [0, 0.05) is 12.4 Å². The van der Waals surface area contributed by atoms with Crippen molar-refractivity contribution in [1.29, 1.82) is 0 Å². The second-order valence-electron chi connectivity index (χ2n) is 1.15. The van der Waals surface area contributed by atoms with Gasteiger partial charge in [0.25, 0.3) is 0 Å². The van der Waals surface area contributed by atoms with E-state index >= 15 is 0 Å². The molecular weight excluding hydrogens is 161 g/mol. The second kappa shape index (κ2) is 1.66. The number of hydrogen-bond acceptors (Lipinski definition) is 0. The molecule has 0 aliphatic heterocycles. The van der Waals surface area contributed by atoms with Crippen LogP contribution in [0.1, 0.15) is 0 Å². The van der Waals surface area contributed by atoms with Crippen LogP contribution in [0.5, 0.6) is 0 Å². The van der Waals surface area contributed by atoms with Crippen molar-refractivity contribution in [3.05, 3.63) is 22.7 Å². The molecule has 0 aliphatic rings. The largest absolute Gasteiger partial charge is 0.364 e. The van der Waals surface area contributed by atoms with E-state index in [4.69, 9.17) is 0 Å². The summed E-state index contributed by atoms with van der Waals surface area (Å²) in [5, 5.41) is 0. The SMILES string of the molecule is Fc1c[nH]cc1Br. The van der Waals surface area contributed by atoms with Crippen LogP contribution >= 0.6 is 15.9 Å². The molecule has 1 rings (SSSR count). The summed E-state index contributed by atoms with van der Waals surface area (Å²) in [6.45, 7) is 0. The molecule has 0 aromatic carbocycles. The Hall–Kier alpha value is -0.310. The summed E-state index contributed by atoms with van der Waals surface area (Å²) in [5.74, 6) is -0.250. The summed E-state index contributed by atoms with van der Waals surface area (Å²) in [6.07, 6.45) is 2.82. The van der Waals surface area contributed by atoms with Gasteiger partial charge in [-0.15, -0.1) is 0 Å². The van der Waals surface area contributed by atoms with Gasteiger partial charge in [0.05, 0.1) is 4.47 Å². The molecule has 1 aromatic heterocycles. The molecule has 1 aromatic rings. The maximum atomic E-state index is 12.0. The Labute approximate surface area is 48.7 Å². The van der Waals surface area contributed by atoms with Gasteiger partial charge in [0.1, 0.15) is 0 Å². The van der Waals surface area contributed by atoms with Crippen LogP contribution in [0.25, 0.3) is 0 Å². The van der Waals surface area contributed by atoms with E-state index in [9.17, 15) is 4.39 Å². The summed E-state index contributed by atoms with van der Waals surface area (Å²) in [4.78, 5) is 2.58. The van der Waals surface area contributed by atoms with Gasteiger partial charge in [-0.3, -0.25) is 0 Å². The lowest BCUT2D eigenvalue weighted by atomic mass is 10.6. The Morgan fingerprint density at radius 1 is 1.57 bits per heavy atom. The summed E-state index contributed by atoms with van der Waals surface area (Å²) in [6, 6.07) is 0. The third-order valence-corrected chi connectivity index (χ3v) is 1.26. The van der Waals surface area contributed by atoms with Crippen LogP contribution < -0.4 is 0 Å². The van der Waals surface area contributed by atoms with Crippen molar-refractivity contribution in [2.24, 2.45) is 0 Å². The fourth-order valence-electron chi connectivity index (χ4n) is 0.326. The molecule has 3 heteroatoms. The first-order valence-corrected chi connectivity index (χ1v) is 2.58. The Morgan fingerprint density at radius 2 is 2.29 bits per heavy atom. The van der Waals surface area contributed by atoms with Gasteiger partial charge in [-0.05, 0) is 15.9 Å². The molecule has 0 saturated carbocycles. The summed E-state index contributed by atoms with van der Waals surface area (Å²) >= 11 is 2.96. The monoisotopic (exact) mass is 163 g/mol. The highest BCUT2D eigenvalue weighted by molar-refractivity contribution is 9.10. The molecule has 1 nitrogen and oxygen atoms in total. The molecule has 38 valence electrons. The molecule has 1 N–H and O–H groups in total. The van der Waals surface area contributed by atoms with Crippen molar-refractivity contribution < 1.29 is 4.39 Å². The van der Waals surface area contributed by atoms with Crippen LogP contribution in [0.4, 0.5) is 4.39 Å². The minimum Gasteiger partial charge on any atom is -0.364 e. The average Bonchev–Trinajstić information content (AvgIpc) is 1.91. The van der Waals surface area contributed by atoms with Crippen molar-refractivity contribution in [3.63, 3.8) is 0 Å². The summed E-state index contributed by atoms with van der Waals surface area (Å²) in [7, 11) is 0. The predicted molar refractivity (Wildman–Crippen MR) is 28.5 cm³/mol. The maximum Gasteiger partial charge on any atom is 0.154 e. The minimum absolute atomic E-state index is 0.250. The zero-order valence-electron chi connectivity index (χ0n) is 3.41. The Morgan fingerprint density at radius 3 is 2.43 bits per heavy atom. The molecule has 0 unspecified atom stereocenters. The van der Waals surface area contributed by atoms with Crippen LogP contribution in [-0.2, 0) is 0 Å². The van der Waals surface area contributed by atoms with Crippen LogP contribution in [0.15, 0.2) is 16.9 Å². The first-order chi connectivity index (χ1) is 3.30. The topological polar surface area (TPSA) is 15.8 Å². The highest BCUT2D eigenvalue weighted by atomic mass is 79.9. The number of nitrogens with one attached hydrogen (secondary N) is 1. The molecule has 0 amide bonds. The third-order valence-electron chi connectivity index (χ3n) is 0.648.